The lowest BCUT2D eigenvalue weighted by molar-refractivity contribution is -0.137. The molecule has 0 atom stereocenters. The number of nitrogens with zero attached hydrogens (tertiary/aromatic N) is 3. The first kappa shape index (κ1) is 22.0. The standard InChI is InChI=1S/C20H18F3N5O3/c21-20(22,23)12-4-5-13(17(29)30)14(10-12)26-18(31)28-19(7-2-1-3-8-19)15-6-9-25-16(11-24)27-15/h4-6,9-10H,1-3,7-8H2,(H,29,30)(H2,26,28,31). The maximum atomic E-state index is 13.0. The van der Waals surface area contributed by atoms with E-state index in [1.807, 2.05) is 6.07 Å². The number of anilines is 1. The first-order valence-electron chi connectivity index (χ1n) is 9.42. The molecular weight excluding hydrogens is 415 g/mol. The van der Waals surface area contributed by atoms with Crippen LogP contribution in [0.3, 0.4) is 0 Å². The molecule has 31 heavy (non-hydrogen) atoms. The Bertz CT molecular complexity index is 1040. The summed E-state index contributed by atoms with van der Waals surface area (Å²) in [5, 5.41) is 23.3. The van der Waals surface area contributed by atoms with Gasteiger partial charge < -0.3 is 15.7 Å². The Morgan fingerprint density at radius 2 is 1.87 bits per heavy atom. The average molecular weight is 433 g/mol. The van der Waals surface area contributed by atoms with E-state index in [0.29, 0.717) is 30.7 Å². The zero-order valence-corrected chi connectivity index (χ0v) is 16.2. The number of carboxylic acids is 1. The number of alkyl halides is 3. The summed E-state index contributed by atoms with van der Waals surface area (Å²) in [6.45, 7) is 0. The lowest BCUT2D eigenvalue weighted by Crippen LogP contribution is -2.49. The number of hydrogen-bond acceptors (Lipinski definition) is 5. The second-order valence-corrected chi connectivity index (χ2v) is 7.16. The largest absolute Gasteiger partial charge is 0.478 e. The zero-order chi connectivity index (χ0) is 22.6. The van der Waals surface area contributed by atoms with Gasteiger partial charge in [0.2, 0.25) is 5.82 Å². The van der Waals surface area contributed by atoms with Gasteiger partial charge in [-0.15, -0.1) is 0 Å². The number of halogens is 3. The number of benzene rings is 1. The minimum atomic E-state index is -4.71. The number of urea groups is 1. The van der Waals surface area contributed by atoms with Crippen molar-refractivity contribution in [1.82, 2.24) is 15.3 Å². The van der Waals surface area contributed by atoms with E-state index in [2.05, 4.69) is 20.6 Å². The van der Waals surface area contributed by atoms with E-state index < -0.39 is 40.5 Å². The molecule has 0 spiro atoms. The molecule has 3 rings (SSSR count). The van der Waals surface area contributed by atoms with Crippen molar-refractivity contribution < 1.29 is 27.9 Å². The van der Waals surface area contributed by atoms with E-state index in [4.69, 9.17) is 5.26 Å². The van der Waals surface area contributed by atoms with Gasteiger partial charge in [0.1, 0.15) is 6.07 Å². The van der Waals surface area contributed by atoms with Crippen LogP contribution >= 0.6 is 0 Å². The van der Waals surface area contributed by atoms with Gasteiger partial charge in [-0.25, -0.2) is 19.6 Å². The van der Waals surface area contributed by atoms with Crippen molar-refractivity contribution in [2.45, 2.75) is 43.8 Å². The number of nitrogens with one attached hydrogen (secondary N) is 2. The van der Waals surface area contributed by atoms with Crippen molar-refractivity contribution in [3.8, 4) is 6.07 Å². The Labute approximate surface area is 175 Å². The van der Waals surface area contributed by atoms with Gasteiger partial charge >= 0.3 is 18.2 Å². The van der Waals surface area contributed by atoms with Gasteiger partial charge in [-0.2, -0.15) is 18.4 Å². The van der Waals surface area contributed by atoms with Gasteiger partial charge in [0.15, 0.2) is 0 Å². The van der Waals surface area contributed by atoms with Crippen molar-refractivity contribution in [2.24, 2.45) is 0 Å². The van der Waals surface area contributed by atoms with Gasteiger partial charge in [0.25, 0.3) is 0 Å². The first-order valence-corrected chi connectivity index (χ1v) is 9.42. The molecule has 0 aliphatic heterocycles. The second kappa shape index (κ2) is 8.59. The second-order valence-electron chi connectivity index (χ2n) is 7.16. The lowest BCUT2D eigenvalue weighted by Gasteiger charge is -2.37. The Morgan fingerprint density at radius 1 is 1.16 bits per heavy atom. The lowest BCUT2D eigenvalue weighted by atomic mass is 9.79. The summed E-state index contributed by atoms with van der Waals surface area (Å²) in [5.41, 5.74) is -2.59. The average Bonchev–Trinajstić information content (AvgIpc) is 2.73. The summed E-state index contributed by atoms with van der Waals surface area (Å²) >= 11 is 0. The van der Waals surface area contributed by atoms with Crippen LogP contribution in [-0.2, 0) is 11.7 Å². The smallest absolute Gasteiger partial charge is 0.416 e. The van der Waals surface area contributed by atoms with Crippen molar-refractivity contribution in [3.63, 3.8) is 0 Å². The molecule has 8 nitrogen and oxygen atoms in total. The summed E-state index contributed by atoms with van der Waals surface area (Å²) < 4.78 is 39.1. The Balaban J connectivity index is 1.92. The van der Waals surface area contributed by atoms with Crippen LogP contribution in [0, 0.1) is 11.3 Å². The molecule has 162 valence electrons. The molecule has 0 saturated heterocycles. The maximum absolute atomic E-state index is 13.0. The normalized spacial score (nSPS) is 15.5. The van der Waals surface area contributed by atoms with Gasteiger partial charge in [0, 0.05) is 6.20 Å². The van der Waals surface area contributed by atoms with Crippen LogP contribution in [0.1, 0.15) is 59.5 Å². The first-order chi connectivity index (χ1) is 14.6. The quantitative estimate of drug-likeness (QED) is 0.668. The molecule has 2 amide bonds. The van der Waals surface area contributed by atoms with Gasteiger partial charge in [-0.05, 0) is 37.1 Å². The minimum Gasteiger partial charge on any atom is -0.478 e. The topological polar surface area (TPSA) is 128 Å². The third-order valence-corrected chi connectivity index (χ3v) is 5.13. The number of amides is 2. The SMILES string of the molecule is N#Cc1nccc(C2(NC(=O)Nc3cc(C(F)(F)F)ccc3C(=O)O)CCCCC2)n1. The maximum Gasteiger partial charge on any atom is 0.416 e. The van der Waals surface area contributed by atoms with Crippen LogP contribution in [-0.4, -0.2) is 27.1 Å². The number of hydrogen-bond donors (Lipinski definition) is 3. The highest BCUT2D eigenvalue weighted by Gasteiger charge is 2.38. The van der Waals surface area contributed by atoms with E-state index in [0.717, 1.165) is 25.3 Å². The molecule has 2 aromatic rings. The molecule has 1 aromatic heterocycles. The number of aromatic nitrogens is 2. The highest BCUT2D eigenvalue weighted by atomic mass is 19.4. The molecule has 11 heteroatoms. The van der Waals surface area contributed by atoms with E-state index in [-0.39, 0.29) is 5.82 Å². The van der Waals surface area contributed by atoms with E-state index >= 15 is 0 Å². The molecule has 1 saturated carbocycles. The fourth-order valence-corrected chi connectivity index (χ4v) is 3.66. The highest BCUT2D eigenvalue weighted by molar-refractivity contribution is 6.00. The van der Waals surface area contributed by atoms with Crippen LogP contribution in [0.4, 0.5) is 23.7 Å². The van der Waals surface area contributed by atoms with Crippen LogP contribution in [0.25, 0.3) is 0 Å². The van der Waals surface area contributed by atoms with Crippen molar-refractivity contribution in [3.05, 3.63) is 53.1 Å². The molecule has 1 heterocycles. The van der Waals surface area contributed by atoms with Gasteiger partial charge in [-0.3, -0.25) is 0 Å². The number of carbonyl (C=O) groups excluding carboxylic acids is 1. The number of carboxylic acid groups (broad SMARTS) is 1. The number of aromatic carboxylic acids is 1. The Morgan fingerprint density at radius 3 is 2.48 bits per heavy atom. The summed E-state index contributed by atoms with van der Waals surface area (Å²) in [4.78, 5) is 32.2. The molecule has 0 unspecified atom stereocenters. The molecule has 1 aromatic carbocycles. The number of nitriles is 1. The molecule has 1 aliphatic rings. The third kappa shape index (κ3) is 4.91. The van der Waals surface area contributed by atoms with Crippen molar-refractivity contribution in [1.29, 1.82) is 5.26 Å². The fourth-order valence-electron chi connectivity index (χ4n) is 3.66. The molecule has 0 bridgehead atoms. The molecule has 1 fully saturated rings. The van der Waals surface area contributed by atoms with Gasteiger partial charge in [-0.1, -0.05) is 19.3 Å². The highest BCUT2D eigenvalue weighted by Crippen LogP contribution is 2.37. The summed E-state index contributed by atoms with van der Waals surface area (Å²) in [6, 6.07) is 4.54. The van der Waals surface area contributed by atoms with Crippen molar-refractivity contribution in [2.75, 3.05) is 5.32 Å². The number of carbonyl (C=O) groups is 2. The van der Waals surface area contributed by atoms with E-state index in [1.165, 1.54) is 6.20 Å². The van der Waals surface area contributed by atoms with Crippen LogP contribution in [0.2, 0.25) is 0 Å². The summed E-state index contributed by atoms with van der Waals surface area (Å²) in [7, 11) is 0. The third-order valence-electron chi connectivity index (χ3n) is 5.13. The fraction of sp³-hybridized carbons (Fsp3) is 0.350. The predicted molar refractivity (Wildman–Crippen MR) is 102 cm³/mol. The summed E-state index contributed by atoms with van der Waals surface area (Å²) in [6.07, 6.45) is 0.132. The molecule has 0 radical (unpaired) electrons. The van der Waals surface area contributed by atoms with Gasteiger partial charge in [0.05, 0.1) is 28.0 Å². The van der Waals surface area contributed by atoms with Crippen LogP contribution in [0.15, 0.2) is 30.5 Å². The number of rotatable bonds is 4. The van der Waals surface area contributed by atoms with Crippen molar-refractivity contribution >= 4 is 17.7 Å². The molecule has 1 aliphatic carbocycles. The van der Waals surface area contributed by atoms with Crippen LogP contribution < -0.4 is 10.6 Å². The Kier molecular flexibility index (Phi) is 6.10. The molecule has 3 N–H and O–H groups in total. The minimum absolute atomic E-state index is 0.0734. The van der Waals surface area contributed by atoms with E-state index in [1.54, 1.807) is 6.07 Å². The van der Waals surface area contributed by atoms with Crippen LogP contribution in [0.5, 0.6) is 0 Å². The Hall–Kier alpha value is -3.68. The van der Waals surface area contributed by atoms with E-state index in [9.17, 15) is 27.9 Å². The monoisotopic (exact) mass is 433 g/mol. The molecular formula is C20H18F3N5O3. The summed E-state index contributed by atoms with van der Waals surface area (Å²) in [5.74, 6) is -1.55. The zero-order valence-electron chi connectivity index (χ0n) is 16.2. The predicted octanol–water partition coefficient (Wildman–Crippen LogP) is 4.05.